The highest BCUT2D eigenvalue weighted by Gasteiger charge is 2.00. The van der Waals surface area contributed by atoms with Crippen LogP contribution in [0.2, 0.25) is 0 Å². The molecule has 0 saturated carbocycles. The average Bonchev–Trinajstić information content (AvgIpc) is 2.29. The molecule has 0 aliphatic rings. The molecule has 88 valence electrons. The molecule has 0 saturated heterocycles. The Labute approximate surface area is 97.0 Å². The highest BCUT2D eigenvalue weighted by atomic mass is 16.1. The van der Waals surface area contributed by atoms with Crippen LogP contribution in [-0.4, -0.2) is 5.91 Å². The third-order valence-electron chi connectivity index (χ3n) is 2.48. The fourth-order valence-electron chi connectivity index (χ4n) is 1.46. The van der Waals surface area contributed by atoms with Gasteiger partial charge in [-0.1, -0.05) is 31.9 Å². The second-order valence-electron chi connectivity index (χ2n) is 3.98. The van der Waals surface area contributed by atoms with Crippen LogP contribution in [0.1, 0.15) is 38.2 Å². The summed E-state index contributed by atoms with van der Waals surface area (Å²) in [4.78, 5) is 11.4. The summed E-state index contributed by atoms with van der Waals surface area (Å²) in [6, 6.07) is 7.56. The maximum atomic E-state index is 11.4. The highest BCUT2D eigenvalue weighted by molar-refractivity contribution is 5.75. The van der Waals surface area contributed by atoms with E-state index in [0.29, 0.717) is 13.0 Å². The Morgan fingerprint density at radius 3 is 2.56 bits per heavy atom. The Balaban J connectivity index is 2.23. The Morgan fingerprint density at radius 2 is 1.94 bits per heavy atom. The van der Waals surface area contributed by atoms with Gasteiger partial charge in [0.25, 0.3) is 0 Å². The number of carbonyl (C=O) groups is 1. The molecule has 1 aromatic carbocycles. The van der Waals surface area contributed by atoms with Crippen molar-refractivity contribution in [2.45, 2.75) is 39.2 Å². The van der Waals surface area contributed by atoms with Gasteiger partial charge >= 0.3 is 0 Å². The van der Waals surface area contributed by atoms with Crippen LogP contribution < -0.4 is 11.1 Å². The van der Waals surface area contributed by atoms with E-state index in [1.807, 2.05) is 24.3 Å². The molecule has 16 heavy (non-hydrogen) atoms. The molecule has 3 heteroatoms. The number of nitrogens with one attached hydrogen (secondary N) is 1. The van der Waals surface area contributed by atoms with Crippen LogP contribution in [0, 0.1) is 0 Å². The van der Waals surface area contributed by atoms with Crippen LogP contribution in [0.5, 0.6) is 0 Å². The zero-order valence-corrected chi connectivity index (χ0v) is 9.83. The first-order valence-corrected chi connectivity index (χ1v) is 5.83. The number of benzene rings is 1. The number of hydrogen-bond donors (Lipinski definition) is 2. The fourth-order valence-corrected chi connectivity index (χ4v) is 1.46. The number of unbranched alkanes of at least 4 members (excludes halogenated alkanes) is 2. The number of anilines is 1. The summed E-state index contributed by atoms with van der Waals surface area (Å²) in [6.07, 6.45) is 3.87. The SMILES string of the molecule is CCCCCC(=O)NCc1ccc(N)cc1. The Hall–Kier alpha value is -1.51. The Kier molecular flexibility index (Phi) is 5.40. The molecule has 0 heterocycles. The van der Waals surface area contributed by atoms with E-state index >= 15 is 0 Å². The van der Waals surface area contributed by atoms with Gasteiger partial charge in [-0.2, -0.15) is 0 Å². The molecule has 3 nitrogen and oxygen atoms in total. The summed E-state index contributed by atoms with van der Waals surface area (Å²) in [6.45, 7) is 2.72. The summed E-state index contributed by atoms with van der Waals surface area (Å²) in [5.41, 5.74) is 7.41. The summed E-state index contributed by atoms with van der Waals surface area (Å²) >= 11 is 0. The van der Waals surface area contributed by atoms with E-state index in [-0.39, 0.29) is 5.91 Å². The van der Waals surface area contributed by atoms with Crippen LogP contribution in [0.25, 0.3) is 0 Å². The van der Waals surface area contributed by atoms with E-state index in [1.165, 1.54) is 0 Å². The molecular formula is C13H20N2O. The Morgan fingerprint density at radius 1 is 1.25 bits per heavy atom. The second kappa shape index (κ2) is 6.88. The molecule has 1 rings (SSSR count). The van der Waals surface area contributed by atoms with Crippen molar-refractivity contribution in [2.75, 3.05) is 5.73 Å². The van der Waals surface area contributed by atoms with Crippen molar-refractivity contribution >= 4 is 11.6 Å². The molecule has 0 radical (unpaired) electrons. The maximum Gasteiger partial charge on any atom is 0.220 e. The van der Waals surface area contributed by atoms with E-state index in [1.54, 1.807) is 0 Å². The third kappa shape index (κ3) is 4.82. The first-order chi connectivity index (χ1) is 7.72. The van der Waals surface area contributed by atoms with Gasteiger partial charge in [0.2, 0.25) is 5.91 Å². The van der Waals surface area contributed by atoms with E-state index in [0.717, 1.165) is 30.5 Å². The minimum Gasteiger partial charge on any atom is -0.399 e. The molecule has 3 N–H and O–H groups in total. The number of carbonyl (C=O) groups excluding carboxylic acids is 1. The van der Waals surface area contributed by atoms with Gasteiger partial charge in [-0.3, -0.25) is 4.79 Å². The summed E-state index contributed by atoms with van der Waals surface area (Å²) in [5, 5.41) is 2.90. The van der Waals surface area contributed by atoms with E-state index < -0.39 is 0 Å². The fraction of sp³-hybridized carbons (Fsp3) is 0.462. The third-order valence-corrected chi connectivity index (χ3v) is 2.48. The van der Waals surface area contributed by atoms with Gasteiger partial charge in [0.15, 0.2) is 0 Å². The summed E-state index contributed by atoms with van der Waals surface area (Å²) in [5.74, 6) is 0.130. The number of nitrogen functional groups attached to an aromatic ring is 1. The minimum atomic E-state index is 0.130. The lowest BCUT2D eigenvalue weighted by Crippen LogP contribution is -2.22. The van der Waals surface area contributed by atoms with Crippen molar-refractivity contribution in [3.63, 3.8) is 0 Å². The standard InChI is InChI=1S/C13H20N2O/c1-2-3-4-5-13(16)15-10-11-6-8-12(14)9-7-11/h6-9H,2-5,10,14H2,1H3,(H,15,16). The molecule has 0 spiro atoms. The number of nitrogens with two attached hydrogens (primary N) is 1. The Bertz CT molecular complexity index is 319. The van der Waals surface area contributed by atoms with Gasteiger partial charge < -0.3 is 11.1 Å². The molecule has 1 amide bonds. The molecule has 1 aromatic rings. The lowest BCUT2D eigenvalue weighted by molar-refractivity contribution is -0.121. The number of rotatable bonds is 6. The van der Waals surface area contributed by atoms with Gasteiger partial charge in [-0.05, 0) is 24.1 Å². The van der Waals surface area contributed by atoms with Crippen LogP contribution in [-0.2, 0) is 11.3 Å². The lowest BCUT2D eigenvalue weighted by Gasteiger charge is -2.05. The molecule has 0 atom stereocenters. The number of amides is 1. The van der Waals surface area contributed by atoms with Gasteiger partial charge in [0.1, 0.15) is 0 Å². The maximum absolute atomic E-state index is 11.4. The number of hydrogen-bond acceptors (Lipinski definition) is 2. The minimum absolute atomic E-state index is 0.130. The molecule has 0 aliphatic carbocycles. The van der Waals surface area contributed by atoms with Crippen molar-refractivity contribution in [1.29, 1.82) is 0 Å². The predicted octanol–water partition coefficient (Wildman–Crippen LogP) is 2.47. The van der Waals surface area contributed by atoms with Crippen LogP contribution in [0.4, 0.5) is 5.69 Å². The van der Waals surface area contributed by atoms with Crippen molar-refractivity contribution in [1.82, 2.24) is 5.32 Å². The highest BCUT2D eigenvalue weighted by Crippen LogP contribution is 2.05. The molecule has 0 bridgehead atoms. The van der Waals surface area contributed by atoms with Gasteiger partial charge in [-0.25, -0.2) is 0 Å². The van der Waals surface area contributed by atoms with Gasteiger partial charge in [0.05, 0.1) is 0 Å². The van der Waals surface area contributed by atoms with Crippen molar-refractivity contribution < 1.29 is 4.79 Å². The van der Waals surface area contributed by atoms with E-state index in [9.17, 15) is 4.79 Å². The average molecular weight is 220 g/mol. The van der Waals surface area contributed by atoms with Crippen molar-refractivity contribution in [3.05, 3.63) is 29.8 Å². The largest absolute Gasteiger partial charge is 0.399 e. The summed E-state index contributed by atoms with van der Waals surface area (Å²) in [7, 11) is 0. The molecule has 0 fully saturated rings. The smallest absolute Gasteiger partial charge is 0.220 e. The van der Waals surface area contributed by atoms with Crippen molar-refractivity contribution in [3.8, 4) is 0 Å². The first-order valence-electron chi connectivity index (χ1n) is 5.83. The summed E-state index contributed by atoms with van der Waals surface area (Å²) < 4.78 is 0. The first kappa shape index (κ1) is 12.6. The van der Waals surface area contributed by atoms with Gasteiger partial charge in [-0.15, -0.1) is 0 Å². The predicted molar refractivity (Wildman–Crippen MR) is 66.8 cm³/mol. The lowest BCUT2D eigenvalue weighted by atomic mass is 10.2. The van der Waals surface area contributed by atoms with Crippen LogP contribution in [0.3, 0.4) is 0 Å². The second-order valence-corrected chi connectivity index (χ2v) is 3.98. The molecular weight excluding hydrogens is 200 g/mol. The molecule has 0 unspecified atom stereocenters. The topological polar surface area (TPSA) is 55.1 Å². The van der Waals surface area contributed by atoms with Crippen LogP contribution in [0.15, 0.2) is 24.3 Å². The zero-order chi connectivity index (χ0) is 11.8. The zero-order valence-electron chi connectivity index (χ0n) is 9.83. The monoisotopic (exact) mass is 220 g/mol. The van der Waals surface area contributed by atoms with Crippen LogP contribution >= 0.6 is 0 Å². The van der Waals surface area contributed by atoms with E-state index in [4.69, 9.17) is 5.73 Å². The van der Waals surface area contributed by atoms with Crippen molar-refractivity contribution in [2.24, 2.45) is 0 Å². The van der Waals surface area contributed by atoms with Gasteiger partial charge in [0, 0.05) is 18.7 Å². The normalized spacial score (nSPS) is 10.1. The molecule has 0 aromatic heterocycles. The quantitative estimate of drug-likeness (QED) is 0.571. The molecule has 0 aliphatic heterocycles. The van der Waals surface area contributed by atoms with E-state index in [2.05, 4.69) is 12.2 Å².